The van der Waals surface area contributed by atoms with Crippen molar-refractivity contribution in [3.8, 4) is 6.07 Å². The molecule has 0 amide bonds. The summed E-state index contributed by atoms with van der Waals surface area (Å²) in [6.45, 7) is 0.246. The Balaban J connectivity index is 1.54. The molecule has 0 unspecified atom stereocenters. The molecule has 4 aromatic rings. The van der Waals surface area contributed by atoms with Gasteiger partial charge < -0.3 is 20.5 Å². The van der Waals surface area contributed by atoms with Crippen LogP contribution in [0.15, 0.2) is 89.8 Å². The van der Waals surface area contributed by atoms with Gasteiger partial charge >= 0.3 is 6.18 Å². The van der Waals surface area contributed by atoms with Crippen LogP contribution in [0.2, 0.25) is 0 Å². The summed E-state index contributed by atoms with van der Waals surface area (Å²) in [5.74, 6) is -0.911. The lowest BCUT2D eigenvalue weighted by molar-refractivity contribution is -0.138. The third-order valence-electron chi connectivity index (χ3n) is 6.84. The van der Waals surface area contributed by atoms with Crippen molar-refractivity contribution in [3.05, 3.63) is 118 Å². The van der Waals surface area contributed by atoms with E-state index in [4.69, 9.17) is 23.2 Å². The highest BCUT2D eigenvalue weighted by Gasteiger charge is 2.34. The zero-order chi connectivity index (χ0) is 31.0. The molecule has 12 heteroatoms. The molecule has 3 aromatic carbocycles. The minimum absolute atomic E-state index is 0.00758. The maximum Gasteiger partial charge on any atom is 0.416 e. The maximum atomic E-state index is 13.8. The Hall–Kier alpha value is -4.05. The molecule has 4 rings (SSSR count). The average molecular weight is 670 g/mol. The molecule has 0 spiro atoms. The van der Waals surface area contributed by atoms with Crippen molar-refractivity contribution < 1.29 is 18.0 Å². The Morgan fingerprint density at radius 2 is 1.81 bits per heavy atom. The van der Waals surface area contributed by atoms with Gasteiger partial charge in [0.2, 0.25) is 0 Å². The van der Waals surface area contributed by atoms with Gasteiger partial charge in [-0.15, -0.1) is 0 Å². The number of alkyl halides is 3. The number of benzene rings is 3. The summed E-state index contributed by atoms with van der Waals surface area (Å²) in [4.78, 5) is 19.3. The summed E-state index contributed by atoms with van der Waals surface area (Å²) >= 11 is 9.02. The Morgan fingerprint density at radius 3 is 2.47 bits per heavy atom. The summed E-state index contributed by atoms with van der Waals surface area (Å²) in [7, 11) is 0. The molecule has 0 saturated heterocycles. The van der Waals surface area contributed by atoms with Gasteiger partial charge in [0.25, 0.3) is 0 Å². The van der Waals surface area contributed by atoms with Gasteiger partial charge in [0.05, 0.1) is 23.5 Å². The van der Waals surface area contributed by atoms with Crippen LogP contribution in [0.5, 0.6) is 0 Å². The van der Waals surface area contributed by atoms with Crippen LogP contribution in [-0.2, 0) is 30.5 Å². The molecule has 0 fully saturated rings. The van der Waals surface area contributed by atoms with Crippen LogP contribution in [0.25, 0.3) is 0 Å². The number of aromatic nitrogens is 2. The maximum absolute atomic E-state index is 13.8. The van der Waals surface area contributed by atoms with Crippen LogP contribution in [0, 0.1) is 17.2 Å². The van der Waals surface area contributed by atoms with Crippen LogP contribution in [0.3, 0.4) is 0 Å². The van der Waals surface area contributed by atoms with E-state index in [0.717, 1.165) is 16.1 Å². The van der Waals surface area contributed by atoms with Gasteiger partial charge in [-0.05, 0) is 65.8 Å². The van der Waals surface area contributed by atoms with Crippen molar-refractivity contribution in [2.45, 2.75) is 25.7 Å². The van der Waals surface area contributed by atoms with E-state index in [1.165, 1.54) is 18.2 Å². The number of halogens is 4. The van der Waals surface area contributed by atoms with Gasteiger partial charge in [-0.2, -0.15) is 18.4 Å². The molecule has 0 aliphatic carbocycles. The number of carbonyl (C=O) groups is 1. The number of hydrogen-bond acceptors (Lipinski definition) is 5. The third kappa shape index (κ3) is 8.73. The van der Waals surface area contributed by atoms with Crippen molar-refractivity contribution in [2.24, 2.45) is 11.7 Å². The first-order valence-corrected chi connectivity index (χ1v) is 14.4. The molecule has 1 aromatic heterocycles. The molecular formula is C31H28BrF3N6OS. The number of anilines is 1. The summed E-state index contributed by atoms with van der Waals surface area (Å²) in [5.41, 5.74) is 8.10. The van der Waals surface area contributed by atoms with Gasteiger partial charge in [-0.1, -0.05) is 46.3 Å². The van der Waals surface area contributed by atoms with E-state index in [-0.39, 0.29) is 42.5 Å². The number of Topliss-reactive ketones (excluding diaryl/α,β-unsaturated/α-hetero) is 1. The molecule has 0 aliphatic rings. The number of nitriles is 1. The Bertz CT molecular complexity index is 1600. The number of carbonyl (C=O) groups excluding carboxylic acids is 1. The van der Waals surface area contributed by atoms with Gasteiger partial charge in [0, 0.05) is 60.6 Å². The SMILES string of the molecule is N#Cc1ccc(Cn2cncc2CC(=O)[C@@H](CN)CN(Cc2ccccc2C(F)(F)F)C(=S)Nc2ccc(Br)cc2)cc1. The molecular weight excluding hydrogens is 641 g/mol. The van der Waals surface area contributed by atoms with E-state index in [2.05, 4.69) is 32.3 Å². The van der Waals surface area contributed by atoms with E-state index >= 15 is 0 Å². The van der Waals surface area contributed by atoms with Crippen molar-refractivity contribution in [1.29, 1.82) is 5.26 Å². The number of hydrogen-bond donors (Lipinski definition) is 2. The predicted octanol–water partition coefficient (Wildman–Crippen LogP) is 6.17. The van der Waals surface area contributed by atoms with Crippen molar-refractivity contribution in [3.63, 3.8) is 0 Å². The van der Waals surface area contributed by atoms with E-state index in [1.807, 2.05) is 28.8 Å². The smallest absolute Gasteiger partial charge is 0.344 e. The van der Waals surface area contributed by atoms with Gasteiger partial charge in [0.15, 0.2) is 5.11 Å². The minimum Gasteiger partial charge on any atom is -0.344 e. The lowest BCUT2D eigenvalue weighted by Crippen LogP contribution is -2.43. The second kappa shape index (κ2) is 14.4. The lowest BCUT2D eigenvalue weighted by atomic mass is 9.99. The molecule has 43 heavy (non-hydrogen) atoms. The highest BCUT2D eigenvalue weighted by atomic mass is 79.9. The number of rotatable bonds is 11. The van der Waals surface area contributed by atoms with E-state index in [9.17, 15) is 18.0 Å². The van der Waals surface area contributed by atoms with Crippen molar-refractivity contribution >= 4 is 44.7 Å². The lowest BCUT2D eigenvalue weighted by Gasteiger charge is -2.30. The second-order valence-corrected chi connectivity index (χ2v) is 11.2. The van der Waals surface area contributed by atoms with Gasteiger partial charge in [-0.3, -0.25) is 4.79 Å². The fraction of sp³-hybridized carbons (Fsp3) is 0.226. The number of nitrogens with two attached hydrogens (primary N) is 1. The first-order valence-electron chi connectivity index (χ1n) is 13.2. The van der Waals surface area contributed by atoms with Crippen LogP contribution >= 0.6 is 28.1 Å². The summed E-state index contributed by atoms with van der Waals surface area (Å²) < 4.78 is 44.1. The molecule has 222 valence electrons. The fourth-order valence-electron chi connectivity index (χ4n) is 4.51. The Morgan fingerprint density at radius 1 is 1.12 bits per heavy atom. The van der Waals surface area contributed by atoms with Gasteiger partial charge in [0.1, 0.15) is 5.78 Å². The summed E-state index contributed by atoms with van der Waals surface area (Å²) in [6, 6.07) is 21.7. The van der Waals surface area contributed by atoms with Crippen LogP contribution < -0.4 is 11.1 Å². The Labute approximate surface area is 261 Å². The fourth-order valence-corrected chi connectivity index (χ4v) is 5.03. The van der Waals surface area contributed by atoms with Crippen LogP contribution in [0.1, 0.15) is 27.9 Å². The number of ketones is 1. The number of nitrogens with zero attached hydrogens (tertiary/aromatic N) is 4. The van der Waals surface area contributed by atoms with Crippen molar-refractivity contribution in [2.75, 3.05) is 18.4 Å². The van der Waals surface area contributed by atoms with E-state index in [1.54, 1.807) is 41.7 Å². The summed E-state index contributed by atoms with van der Waals surface area (Å²) in [5, 5.41) is 12.3. The number of nitrogens with one attached hydrogen (secondary N) is 1. The highest BCUT2D eigenvalue weighted by molar-refractivity contribution is 9.10. The molecule has 1 heterocycles. The topological polar surface area (TPSA) is 100.0 Å². The molecule has 3 N–H and O–H groups in total. The van der Waals surface area contributed by atoms with Gasteiger partial charge in [-0.25, -0.2) is 4.98 Å². The average Bonchev–Trinajstić information content (AvgIpc) is 3.42. The molecule has 0 aliphatic heterocycles. The number of imidazole rings is 1. The molecule has 0 radical (unpaired) electrons. The highest BCUT2D eigenvalue weighted by Crippen LogP contribution is 2.32. The quantitative estimate of drug-likeness (QED) is 0.184. The van der Waals surface area contributed by atoms with E-state index in [0.29, 0.717) is 23.5 Å². The third-order valence-corrected chi connectivity index (χ3v) is 7.73. The standard InChI is InChI=1S/C31H28BrF3N6OS/c32-25-9-11-26(12-10-25)39-30(43)40(18-23-3-1-2-4-28(23)31(33,34)35)19-24(15-37)29(42)13-27-16-38-20-41(27)17-22-7-5-21(14-36)6-8-22/h1-12,16,20,24H,13,15,17-19,37H2,(H,39,43)/t24-/m0/s1. The first-order chi connectivity index (χ1) is 20.6. The zero-order valence-electron chi connectivity index (χ0n) is 22.9. The molecule has 0 bridgehead atoms. The minimum atomic E-state index is -4.56. The predicted molar refractivity (Wildman–Crippen MR) is 166 cm³/mol. The van der Waals surface area contributed by atoms with Crippen molar-refractivity contribution in [1.82, 2.24) is 14.5 Å². The Kier molecular flexibility index (Phi) is 10.7. The molecule has 1 atom stereocenters. The zero-order valence-corrected chi connectivity index (χ0v) is 25.3. The molecule has 7 nitrogen and oxygen atoms in total. The molecule has 0 saturated carbocycles. The normalized spacial score (nSPS) is 11.9. The van der Waals surface area contributed by atoms with Crippen LogP contribution in [-0.4, -0.2) is 38.4 Å². The van der Waals surface area contributed by atoms with E-state index < -0.39 is 17.7 Å². The monoisotopic (exact) mass is 668 g/mol. The summed E-state index contributed by atoms with van der Waals surface area (Å²) in [6.07, 6.45) is -1.31. The number of thiocarbonyl (C=S) groups is 1. The largest absolute Gasteiger partial charge is 0.416 e. The van der Waals surface area contributed by atoms with Crippen LogP contribution in [0.4, 0.5) is 18.9 Å². The second-order valence-electron chi connectivity index (χ2n) is 9.87. The first kappa shape index (κ1) is 31.9.